The van der Waals surface area contributed by atoms with Crippen LogP contribution >= 0.6 is 0 Å². The van der Waals surface area contributed by atoms with Crippen molar-refractivity contribution in [3.8, 4) is 0 Å². The monoisotopic (exact) mass is 223 g/mol. The van der Waals surface area contributed by atoms with Crippen molar-refractivity contribution < 1.29 is 0 Å². The van der Waals surface area contributed by atoms with Crippen LogP contribution in [-0.2, 0) is 0 Å². The fraction of sp³-hybridized carbons (Fsp3) is 1.00. The normalized spacial score (nSPS) is 37.7. The van der Waals surface area contributed by atoms with E-state index in [9.17, 15) is 0 Å². The van der Waals surface area contributed by atoms with Crippen molar-refractivity contribution in [3.05, 3.63) is 0 Å². The molecular weight excluding hydrogens is 194 g/mol. The summed E-state index contributed by atoms with van der Waals surface area (Å²) in [6, 6.07) is 0.782. The average Bonchev–Trinajstić information content (AvgIpc) is 2.98. The van der Waals surface area contributed by atoms with Crippen molar-refractivity contribution >= 4 is 0 Å². The number of hydrogen-bond donors (Lipinski definition) is 1. The van der Waals surface area contributed by atoms with Gasteiger partial charge in [-0.05, 0) is 48.9 Å². The van der Waals surface area contributed by atoms with Gasteiger partial charge in [0.1, 0.15) is 0 Å². The highest BCUT2D eigenvalue weighted by Crippen LogP contribution is 2.51. The van der Waals surface area contributed by atoms with Crippen molar-refractivity contribution in [2.24, 2.45) is 23.2 Å². The summed E-state index contributed by atoms with van der Waals surface area (Å²) in [5, 5.41) is 3.91. The molecule has 0 aromatic carbocycles. The first-order valence-electron chi connectivity index (χ1n) is 7.28. The lowest BCUT2D eigenvalue weighted by molar-refractivity contribution is 0.189. The van der Waals surface area contributed by atoms with Crippen LogP contribution < -0.4 is 5.32 Å². The molecule has 2 aliphatic carbocycles. The third kappa shape index (κ3) is 2.45. The van der Waals surface area contributed by atoms with Gasteiger partial charge in [-0.15, -0.1) is 0 Å². The summed E-state index contributed by atoms with van der Waals surface area (Å²) in [5.74, 6) is 2.62. The Balaban J connectivity index is 1.84. The van der Waals surface area contributed by atoms with Gasteiger partial charge in [0.25, 0.3) is 0 Å². The molecule has 2 rings (SSSR count). The molecule has 1 nitrogen and oxygen atoms in total. The van der Waals surface area contributed by atoms with E-state index in [2.05, 4.69) is 33.0 Å². The molecule has 2 saturated carbocycles. The Morgan fingerprint density at radius 3 is 2.12 bits per heavy atom. The van der Waals surface area contributed by atoms with Gasteiger partial charge in [-0.1, -0.05) is 34.1 Å². The van der Waals surface area contributed by atoms with Crippen LogP contribution in [0.4, 0.5) is 0 Å². The summed E-state index contributed by atoms with van der Waals surface area (Å²) in [7, 11) is 0. The lowest BCUT2D eigenvalue weighted by Crippen LogP contribution is -2.45. The van der Waals surface area contributed by atoms with Gasteiger partial charge in [0.15, 0.2) is 0 Å². The highest BCUT2D eigenvalue weighted by Gasteiger charge is 2.45. The van der Waals surface area contributed by atoms with Gasteiger partial charge in [0.05, 0.1) is 0 Å². The second-order valence-corrected chi connectivity index (χ2v) is 6.81. The van der Waals surface area contributed by atoms with E-state index in [0.29, 0.717) is 5.41 Å². The standard InChI is InChI=1S/C15H29N/c1-11(2)15(8-9-15)10-16-14-12(3)6-5-7-13(14)4/h11-14,16H,5-10H2,1-4H3. The summed E-state index contributed by atoms with van der Waals surface area (Å²) in [4.78, 5) is 0. The van der Waals surface area contributed by atoms with Crippen LogP contribution in [0.15, 0.2) is 0 Å². The van der Waals surface area contributed by atoms with Crippen molar-refractivity contribution in [2.45, 2.75) is 65.8 Å². The lowest BCUT2D eigenvalue weighted by atomic mass is 9.78. The largest absolute Gasteiger partial charge is 0.313 e. The van der Waals surface area contributed by atoms with E-state index in [1.165, 1.54) is 38.6 Å². The molecule has 0 aliphatic heterocycles. The first-order chi connectivity index (χ1) is 7.55. The summed E-state index contributed by atoms with van der Waals surface area (Å²) in [6.45, 7) is 10.9. The molecule has 2 aliphatic rings. The Hall–Kier alpha value is -0.0400. The zero-order valence-electron chi connectivity index (χ0n) is 11.6. The van der Waals surface area contributed by atoms with Gasteiger partial charge in [-0.2, -0.15) is 0 Å². The second kappa shape index (κ2) is 4.68. The van der Waals surface area contributed by atoms with E-state index in [0.717, 1.165) is 23.8 Å². The maximum absolute atomic E-state index is 3.91. The van der Waals surface area contributed by atoms with Crippen molar-refractivity contribution in [1.82, 2.24) is 5.32 Å². The Labute approximate surface area is 101 Å². The molecule has 0 heterocycles. The number of nitrogens with one attached hydrogen (secondary N) is 1. The maximum Gasteiger partial charge on any atom is 0.0118 e. The predicted molar refractivity (Wildman–Crippen MR) is 70.5 cm³/mol. The quantitative estimate of drug-likeness (QED) is 0.763. The Morgan fingerprint density at radius 1 is 1.12 bits per heavy atom. The predicted octanol–water partition coefficient (Wildman–Crippen LogP) is 3.84. The molecule has 0 aromatic heterocycles. The van der Waals surface area contributed by atoms with Crippen LogP contribution in [0.5, 0.6) is 0 Å². The van der Waals surface area contributed by atoms with Gasteiger partial charge >= 0.3 is 0 Å². The highest BCUT2D eigenvalue weighted by molar-refractivity contribution is 4.98. The maximum atomic E-state index is 3.91. The minimum absolute atomic E-state index is 0.664. The van der Waals surface area contributed by atoms with Gasteiger partial charge < -0.3 is 5.32 Å². The van der Waals surface area contributed by atoms with Crippen LogP contribution in [0.1, 0.15) is 59.8 Å². The topological polar surface area (TPSA) is 12.0 Å². The third-order valence-electron chi connectivity index (χ3n) is 5.35. The molecule has 0 amide bonds. The number of hydrogen-bond acceptors (Lipinski definition) is 1. The van der Waals surface area contributed by atoms with Crippen LogP contribution in [0, 0.1) is 23.2 Å². The molecule has 0 bridgehead atoms. The molecule has 2 fully saturated rings. The van der Waals surface area contributed by atoms with Crippen LogP contribution in [0.2, 0.25) is 0 Å². The minimum Gasteiger partial charge on any atom is -0.313 e. The van der Waals surface area contributed by atoms with E-state index in [1.54, 1.807) is 0 Å². The highest BCUT2D eigenvalue weighted by atomic mass is 15.0. The Bertz CT molecular complexity index is 220. The SMILES string of the molecule is CC1CCCC(C)C1NCC1(C(C)C)CC1. The first-order valence-corrected chi connectivity index (χ1v) is 7.28. The lowest BCUT2D eigenvalue weighted by Gasteiger charge is -2.37. The molecule has 1 heteroatoms. The van der Waals surface area contributed by atoms with E-state index < -0.39 is 0 Å². The zero-order valence-corrected chi connectivity index (χ0v) is 11.6. The Kier molecular flexibility index (Phi) is 3.63. The Morgan fingerprint density at radius 2 is 1.69 bits per heavy atom. The van der Waals surface area contributed by atoms with E-state index in [4.69, 9.17) is 0 Å². The average molecular weight is 223 g/mol. The van der Waals surface area contributed by atoms with Gasteiger partial charge in [0, 0.05) is 12.6 Å². The van der Waals surface area contributed by atoms with Crippen molar-refractivity contribution in [1.29, 1.82) is 0 Å². The molecule has 0 radical (unpaired) electrons. The molecular formula is C15H29N. The van der Waals surface area contributed by atoms with Gasteiger partial charge in [-0.3, -0.25) is 0 Å². The molecule has 0 saturated heterocycles. The molecule has 2 unspecified atom stereocenters. The van der Waals surface area contributed by atoms with E-state index in [-0.39, 0.29) is 0 Å². The van der Waals surface area contributed by atoms with Gasteiger partial charge in [0.2, 0.25) is 0 Å². The molecule has 1 N–H and O–H groups in total. The van der Waals surface area contributed by atoms with Gasteiger partial charge in [-0.25, -0.2) is 0 Å². The molecule has 2 atom stereocenters. The molecule has 0 spiro atoms. The first kappa shape index (κ1) is 12.4. The molecule has 0 aromatic rings. The van der Waals surface area contributed by atoms with Crippen LogP contribution in [0.25, 0.3) is 0 Å². The fourth-order valence-electron chi connectivity index (χ4n) is 3.52. The summed E-state index contributed by atoms with van der Waals surface area (Å²) in [5.41, 5.74) is 0.664. The van der Waals surface area contributed by atoms with Crippen molar-refractivity contribution in [3.63, 3.8) is 0 Å². The van der Waals surface area contributed by atoms with Crippen LogP contribution in [-0.4, -0.2) is 12.6 Å². The summed E-state index contributed by atoms with van der Waals surface area (Å²) in [6.07, 6.45) is 7.20. The second-order valence-electron chi connectivity index (χ2n) is 6.81. The fourth-order valence-corrected chi connectivity index (χ4v) is 3.52. The van der Waals surface area contributed by atoms with E-state index >= 15 is 0 Å². The molecule has 94 valence electrons. The summed E-state index contributed by atoms with van der Waals surface area (Å²) >= 11 is 0. The van der Waals surface area contributed by atoms with Crippen LogP contribution in [0.3, 0.4) is 0 Å². The number of rotatable bonds is 4. The molecule has 16 heavy (non-hydrogen) atoms. The van der Waals surface area contributed by atoms with E-state index in [1.807, 2.05) is 0 Å². The zero-order chi connectivity index (χ0) is 11.8. The minimum atomic E-state index is 0.664. The summed E-state index contributed by atoms with van der Waals surface area (Å²) < 4.78 is 0. The third-order valence-corrected chi connectivity index (χ3v) is 5.35. The van der Waals surface area contributed by atoms with Crippen molar-refractivity contribution in [2.75, 3.05) is 6.54 Å². The smallest absolute Gasteiger partial charge is 0.0118 e.